The summed E-state index contributed by atoms with van der Waals surface area (Å²) in [6.07, 6.45) is 1.92. The Morgan fingerprint density at radius 1 is 1.15 bits per heavy atom. The molecule has 0 aromatic heterocycles. The van der Waals surface area contributed by atoms with E-state index in [0.717, 1.165) is 12.8 Å². The van der Waals surface area contributed by atoms with Gasteiger partial charge in [0.2, 0.25) is 0 Å². The fraction of sp³-hybridized carbons (Fsp3) is 0.278. The maximum absolute atomic E-state index is 12.7. The van der Waals surface area contributed by atoms with Gasteiger partial charge >= 0.3 is 0 Å². The summed E-state index contributed by atoms with van der Waals surface area (Å²) in [5.74, 6) is 0.212. The van der Waals surface area contributed by atoms with E-state index in [1.54, 1.807) is 29.2 Å². The highest BCUT2D eigenvalue weighted by molar-refractivity contribution is 7.92. The maximum atomic E-state index is 12.7. The molecule has 0 spiro atoms. The average Bonchev–Trinajstić information content (AvgIpc) is 3.16. The summed E-state index contributed by atoms with van der Waals surface area (Å²) in [4.78, 5) is 14.4. The minimum absolute atomic E-state index is 0.00766. The smallest absolute Gasteiger partial charge is 0.261 e. The van der Waals surface area contributed by atoms with Crippen molar-refractivity contribution in [1.29, 1.82) is 0 Å². The first-order valence-corrected chi connectivity index (χ1v) is 10.0. The minimum Gasteiger partial charge on any atom is -0.495 e. The largest absolute Gasteiger partial charge is 0.495 e. The van der Waals surface area contributed by atoms with Crippen molar-refractivity contribution in [1.82, 2.24) is 4.90 Å². The fourth-order valence-electron chi connectivity index (χ4n) is 2.87. The number of carbonyl (C=O) groups excluding carboxylic acids is 1. The lowest BCUT2D eigenvalue weighted by atomic mass is 10.1. The van der Waals surface area contributed by atoms with E-state index < -0.39 is 10.0 Å². The second kappa shape index (κ2) is 7.55. The second-order valence-electron chi connectivity index (χ2n) is 5.95. The molecule has 1 amide bonds. The second-order valence-corrected chi connectivity index (χ2v) is 8.04. The Morgan fingerprint density at radius 2 is 1.85 bits per heavy atom. The first kappa shape index (κ1) is 18.5. The lowest BCUT2D eigenvalue weighted by Crippen LogP contribution is -2.28. The molecule has 1 heterocycles. The summed E-state index contributed by atoms with van der Waals surface area (Å²) in [6.45, 7) is 1.38. The summed E-state index contributed by atoms with van der Waals surface area (Å²) in [6, 6.07) is 10.8. The number of nitrogens with zero attached hydrogens (tertiary/aromatic N) is 1. The first-order chi connectivity index (χ1) is 12.4. The van der Waals surface area contributed by atoms with E-state index in [0.29, 0.717) is 24.4 Å². The van der Waals surface area contributed by atoms with Gasteiger partial charge in [0.25, 0.3) is 15.9 Å². The molecule has 0 bridgehead atoms. The van der Waals surface area contributed by atoms with E-state index in [9.17, 15) is 13.2 Å². The van der Waals surface area contributed by atoms with Crippen LogP contribution >= 0.6 is 11.6 Å². The van der Waals surface area contributed by atoms with Crippen LogP contribution in [0.1, 0.15) is 23.2 Å². The third-order valence-corrected chi connectivity index (χ3v) is 5.89. The van der Waals surface area contributed by atoms with Crippen LogP contribution in [0.3, 0.4) is 0 Å². The number of ether oxygens (including phenoxy) is 1. The number of amides is 1. The fourth-order valence-corrected chi connectivity index (χ4v) is 4.30. The number of likely N-dealkylation sites (tertiary alicyclic amines) is 1. The van der Waals surface area contributed by atoms with E-state index in [1.807, 2.05) is 0 Å². The average molecular weight is 395 g/mol. The van der Waals surface area contributed by atoms with E-state index in [1.165, 1.54) is 25.3 Å². The molecule has 1 N–H and O–H groups in total. The van der Waals surface area contributed by atoms with Gasteiger partial charge in [0, 0.05) is 13.1 Å². The van der Waals surface area contributed by atoms with Gasteiger partial charge in [0.15, 0.2) is 0 Å². The third-order valence-electron chi connectivity index (χ3n) is 4.23. The molecule has 1 saturated heterocycles. The molecule has 0 atom stereocenters. The number of nitrogens with one attached hydrogen (secondary N) is 1. The Balaban J connectivity index is 1.90. The van der Waals surface area contributed by atoms with Crippen LogP contribution in [0, 0.1) is 0 Å². The van der Waals surface area contributed by atoms with Gasteiger partial charge in [-0.3, -0.25) is 9.52 Å². The molecule has 0 radical (unpaired) electrons. The Hall–Kier alpha value is -2.25. The third kappa shape index (κ3) is 3.78. The molecule has 1 aliphatic heterocycles. The lowest BCUT2D eigenvalue weighted by Gasteiger charge is -2.18. The predicted molar refractivity (Wildman–Crippen MR) is 100 cm³/mol. The SMILES string of the molecule is COc1ccc(S(=O)(=O)Nc2ccccc2C(=O)N2CCCC2)cc1Cl. The number of rotatable bonds is 5. The van der Waals surface area contributed by atoms with Crippen LogP contribution < -0.4 is 9.46 Å². The maximum Gasteiger partial charge on any atom is 0.261 e. The number of anilines is 1. The van der Waals surface area contributed by atoms with Crippen LogP contribution in [0.5, 0.6) is 5.75 Å². The molecule has 138 valence electrons. The molecule has 1 fully saturated rings. The lowest BCUT2D eigenvalue weighted by molar-refractivity contribution is 0.0794. The van der Waals surface area contributed by atoms with Crippen molar-refractivity contribution in [3.63, 3.8) is 0 Å². The zero-order chi connectivity index (χ0) is 18.7. The normalized spacial score (nSPS) is 14.3. The van der Waals surface area contributed by atoms with Crippen LogP contribution in [0.4, 0.5) is 5.69 Å². The summed E-state index contributed by atoms with van der Waals surface area (Å²) < 4.78 is 33.0. The molecular weight excluding hydrogens is 376 g/mol. The van der Waals surface area contributed by atoms with Crippen LogP contribution in [0.2, 0.25) is 5.02 Å². The molecule has 26 heavy (non-hydrogen) atoms. The highest BCUT2D eigenvalue weighted by Crippen LogP contribution is 2.29. The monoisotopic (exact) mass is 394 g/mol. The summed E-state index contributed by atoms with van der Waals surface area (Å²) in [5.41, 5.74) is 0.578. The van der Waals surface area contributed by atoms with Crippen LogP contribution in [0.15, 0.2) is 47.4 Å². The summed E-state index contributed by atoms with van der Waals surface area (Å²) in [7, 11) is -2.45. The zero-order valence-electron chi connectivity index (χ0n) is 14.2. The molecule has 1 aliphatic rings. The van der Waals surface area contributed by atoms with E-state index in [-0.39, 0.29) is 21.5 Å². The Bertz CT molecular complexity index is 925. The highest BCUT2D eigenvalue weighted by Gasteiger charge is 2.24. The van der Waals surface area contributed by atoms with Gasteiger partial charge in [0.05, 0.1) is 28.3 Å². The standard InChI is InChI=1S/C18H19ClN2O4S/c1-25-17-9-8-13(12-15(17)19)26(23,24)20-16-7-3-2-6-14(16)18(22)21-10-4-5-11-21/h2-3,6-9,12,20H,4-5,10-11H2,1H3. The van der Waals surface area contributed by atoms with Gasteiger partial charge in [-0.1, -0.05) is 23.7 Å². The van der Waals surface area contributed by atoms with Crippen LogP contribution in [-0.2, 0) is 10.0 Å². The highest BCUT2D eigenvalue weighted by atomic mass is 35.5. The van der Waals surface area contributed by atoms with Crippen molar-refractivity contribution in [2.24, 2.45) is 0 Å². The number of para-hydroxylation sites is 1. The Labute approximate surface area is 157 Å². The van der Waals surface area contributed by atoms with Gasteiger partial charge in [-0.15, -0.1) is 0 Å². The Morgan fingerprint density at radius 3 is 2.50 bits per heavy atom. The first-order valence-electron chi connectivity index (χ1n) is 8.17. The molecule has 0 saturated carbocycles. The van der Waals surface area contributed by atoms with Crippen molar-refractivity contribution in [3.05, 3.63) is 53.1 Å². The zero-order valence-corrected chi connectivity index (χ0v) is 15.8. The van der Waals surface area contributed by atoms with Crippen molar-refractivity contribution >= 4 is 33.2 Å². The van der Waals surface area contributed by atoms with Crippen molar-refractivity contribution in [2.45, 2.75) is 17.7 Å². The van der Waals surface area contributed by atoms with Gasteiger partial charge in [-0.2, -0.15) is 0 Å². The number of methoxy groups -OCH3 is 1. The van der Waals surface area contributed by atoms with E-state index in [4.69, 9.17) is 16.3 Å². The Kier molecular flexibility index (Phi) is 5.38. The molecule has 0 unspecified atom stereocenters. The number of hydrogen-bond donors (Lipinski definition) is 1. The van der Waals surface area contributed by atoms with Crippen LogP contribution in [-0.4, -0.2) is 39.4 Å². The van der Waals surface area contributed by atoms with Crippen molar-refractivity contribution in [2.75, 3.05) is 24.9 Å². The van der Waals surface area contributed by atoms with Crippen LogP contribution in [0.25, 0.3) is 0 Å². The van der Waals surface area contributed by atoms with Gasteiger partial charge in [-0.25, -0.2) is 8.42 Å². The topological polar surface area (TPSA) is 75.7 Å². The van der Waals surface area contributed by atoms with Crippen molar-refractivity contribution < 1.29 is 17.9 Å². The van der Waals surface area contributed by atoms with E-state index in [2.05, 4.69) is 4.72 Å². The van der Waals surface area contributed by atoms with Crippen molar-refractivity contribution in [3.8, 4) is 5.75 Å². The molecule has 6 nitrogen and oxygen atoms in total. The molecule has 2 aromatic rings. The molecular formula is C18H19ClN2O4S. The van der Waals surface area contributed by atoms with Gasteiger partial charge < -0.3 is 9.64 Å². The predicted octanol–water partition coefficient (Wildman–Crippen LogP) is 3.39. The number of halogens is 1. The summed E-state index contributed by atoms with van der Waals surface area (Å²) in [5, 5.41) is 0.191. The van der Waals surface area contributed by atoms with Gasteiger partial charge in [0.1, 0.15) is 5.75 Å². The molecule has 2 aromatic carbocycles. The molecule has 0 aliphatic carbocycles. The van der Waals surface area contributed by atoms with Gasteiger partial charge in [-0.05, 0) is 43.2 Å². The minimum atomic E-state index is -3.90. The molecule has 8 heteroatoms. The van der Waals surface area contributed by atoms with E-state index >= 15 is 0 Å². The number of benzene rings is 2. The number of hydrogen-bond acceptors (Lipinski definition) is 4. The molecule has 3 rings (SSSR count). The summed E-state index contributed by atoms with van der Waals surface area (Å²) >= 11 is 6.03. The number of sulfonamides is 1. The number of carbonyl (C=O) groups is 1. The quantitative estimate of drug-likeness (QED) is 0.843.